The highest BCUT2D eigenvalue weighted by Gasteiger charge is 2.36. The molecular formula is C29H26BrN3O6. The van der Waals surface area contributed by atoms with Gasteiger partial charge < -0.3 is 14.8 Å². The van der Waals surface area contributed by atoms with Crippen LogP contribution < -0.4 is 25.0 Å². The number of anilines is 2. The number of aryl methyl sites for hydroxylation is 2. The van der Waals surface area contributed by atoms with Crippen molar-refractivity contribution in [3.63, 3.8) is 0 Å². The van der Waals surface area contributed by atoms with Crippen molar-refractivity contribution in [3.05, 3.63) is 87.4 Å². The fourth-order valence-electron chi connectivity index (χ4n) is 3.85. The zero-order chi connectivity index (χ0) is 28.1. The summed E-state index contributed by atoms with van der Waals surface area (Å²) < 4.78 is 12.2. The van der Waals surface area contributed by atoms with Crippen LogP contribution in [-0.2, 0) is 14.4 Å². The van der Waals surface area contributed by atoms with Crippen LogP contribution in [-0.4, -0.2) is 37.0 Å². The van der Waals surface area contributed by atoms with Gasteiger partial charge in [0.25, 0.3) is 17.7 Å². The predicted molar refractivity (Wildman–Crippen MR) is 151 cm³/mol. The molecule has 3 aromatic carbocycles. The first-order valence-electron chi connectivity index (χ1n) is 12.1. The fourth-order valence-corrected chi connectivity index (χ4v) is 4.12. The molecule has 1 heterocycles. The maximum absolute atomic E-state index is 13.1. The molecule has 0 radical (unpaired) electrons. The highest BCUT2D eigenvalue weighted by molar-refractivity contribution is 9.10. The predicted octanol–water partition coefficient (Wildman–Crippen LogP) is 5.15. The summed E-state index contributed by atoms with van der Waals surface area (Å²) in [5.41, 5.74) is 3.23. The number of nitrogens with one attached hydrogen (secondary N) is 2. The van der Waals surface area contributed by atoms with Gasteiger partial charge in [0.2, 0.25) is 0 Å². The Morgan fingerprint density at radius 3 is 2.44 bits per heavy atom. The molecule has 1 aliphatic rings. The highest BCUT2D eigenvalue weighted by Crippen LogP contribution is 2.30. The van der Waals surface area contributed by atoms with Crippen molar-refractivity contribution < 1.29 is 28.7 Å². The molecule has 4 rings (SSSR count). The van der Waals surface area contributed by atoms with Gasteiger partial charge >= 0.3 is 6.03 Å². The van der Waals surface area contributed by atoms with Crippen LogP contribution in [0.5, 0.6) is 11.5 Å². The maximum Gasteiger partial charge on any atom is 0.335 e. The molecule has 0 saturated carbocycles. The van der Waals surface area contributed by atoms with Gasteiger partial charge in [0.1, 0.15) is 5.57 Å². The van der Waals surface area contributed by atoms with Crippen molar-refractivity contribution in [1.29, 1.82) is 0 Å². The van der Waals surface area contributed by atoms with Gasteiger partial charge in [-0.25, -0.2) is 9.69 Å². The molecule has 0 atom stereocenters. The van der Waals surface area contributed by atoms with E-state index >= 15 is 0 Å². The van der Waals surface area contributed by atoms with Crippen LogP contribution in [0, 0.1) is 13.8 Å². The van der Waals surface area contributed by atoms with Crippen LogP contribution in [0.1, 0.15) is 23.6 Å². The van der Waals surface area contributed by atoms with Gasteiger partial charge in [-0.3, -0.25) is 19.7 Å². The van der Waals surface area contributed by atoms with Crippen LogP contribution in [0.3, 0.4) is 0 Å². The Kier molecular flexibility index (Phi) is 8.46. The van der Waals surface area contributed by atoms with Crippen LogP contribution in [0.15, 0.2) is 70.7 Å². The molecule has 9 nitrogen and oxygen atoms in total. The summed E-state index contributed by atoms with van der Waals surface area (Å²) in [5.74, 6) is -1.25. The lowest BCUT2D eigenvalue weighted by molar-refractivity contribution is -0.122. The summed E-state index contributed by atoms with van der Waals surface area (Å²) in [4.78, 5) is 51.5. The molecular weight excluding hydrogens is 566 g/mol. The molecule has 1 saturated heterocycles. The Labute approximate surface area is 233 Å². The van der Waals surface area contributed by atoms with E-state index in [-0.39, 0.29) is 18.1 Å². The zero-order valence-corrected chi connectivity index (χ0v) is 23.1. The minimum absolute atomic E-state index is 0.221. The molecule has 39 heavy (non-hydrogen) atoms. The summed E-state index contributed by atoms with van der Waals surface area (Å²) in [6.45, 7) is 5.70. The Bertz CT molecular complexity index is 1480. The molecule has 1 aliphatic heterocycles. The summed E-state index contributed by atoms with van der Waals surface area (Å²) in [6.07, 6.45) is 1.37. The largest absolute Gasteiger partial charge is 0.490 e. The third-order valence-corrected chi connectivity index (χ3v) is 6.32. The second-order valence-electron chi connectivity index (χ2n) is 8.73. The van der Waals surface area contributed by atoms with Crippen LogP contribution >= 0.6 is 15.9 Å². The molecule has 0 bridgehead atoms. The number of carbonyl (C=O) groups is 4. The first-order valence-corrected chi connectivity index (χ1v) is 12.9. The Morgan fingerprint density at radius 1 is 0.974 bits per heavy atom. The number of hydrogen-bond acceptors (Lipinski definition) is 6. The van der Waals surface area contributed by atoms with Crippen molar-refractivity contribution in [1.82, 2.24) is 5.32 Å². The molecule has 10 heteroatoms. The van der Waals surface area contributed by atoms with Crippen molar-refractivity contribution >= 4 is 57.1 Å². The highest BCUT2D eigenvalue weighted by atomic mass is 79.9. The molecule has 0 aliphatic carbocycles. The number of benzene rings is 3. The van der Waals surface area contributed by atoms with E-state index in [1.54, 1.807) is 49.4 Å². The minimum atomic E-state index is -0.831. The monoisotopic (exact) mass is 591 g/mol. The Balaban J connectivity index is 1.53. The van der Waals surface area contributed by atoms with E-state index in [4.69, 9.17) is 9.47 Å². The Morgan fingerprint density at radius 2 is 1.72 bits per heavy atom. The van der Waals surface area contributed by atoms with Crippen molar-refractivity contribution in [3.8, 4) is 11.5 Å². The number of rotatable bonds is 8. The van der Waals surface area contributed by atoms with E-state index in [9.17, 15) is 19.2 Å². The molecule has 2 N–H and O–H groups in total. The summed E-state index contributed by atoms with van der Waals surface area (Å²) in [5, 5.41) is 5.04. The smallest absolute Gasteiger partial charge is 0.335 e. The molecule has 1 fully saturated rings. The zero-order valence-electron chi connectivity index (χ0n) is 21.5. The van der Waals surface area contributed by atoms with E-state index in [0.29, 0.717) is 35.0 Å². The van der Waals surface area contributed by atoms with E-state index in [1.165, 1.54) is 6.08 Å². The summed E-state index contributed by atoms with van der Waals surface area (Å²) >= 11 is 3.32. The standard InChI is InChI=1S/C29H26BrN3O6/c1-4-38-25-15-19(7-12-24(25)39-16-26(34)31-23-13-17(2)5-6-18(23)3)14-22-27(35)32-29(37)33(28(22)36)21-10-8-20(30)9-11-21/h5-15H,4,16H2,1-3H3,(H,31,34)(H,32,35,37)/b22-14+. The molecule has 3 aromatic rings. The van der Waals surface area contributed by atoms with E-state index in [1.807, 2.05) is 32.0 Å². The van der Waals surface area contributed by atoms with Gasteiger partial charge in [-0.2, -0.15) is 0 Å². The van der Waals surface area contributed by atoms with Crippen molar-refractivity contribution in [2.75, 3.05) is 23.4 Å². The van der Waals surface area contributed by atoms with Gasteiger partial charge in [0, 0.05) is 10.2 Å². The van der Waals surface area contributed by atoms with E-state index < -0.39 is 17.8 Å². The maximum atomic E-state index is 13.1. The van der Waals surface area contributed by atoms with Crippen molar-refractivity contribution in [2.45, 2.75) is 20.8 Å². The van der Waals surface area contributed by atoms with Crippen molar-refractivity contribution in [2.24, 2.45) is 0 Å². The Hall–Kier alpha value is -4.44. The van der Waals surface area contributed by atoms with Gasteiger partial charge in [-0.1, -0.05) is 34.1 Å². The number of imide groups is 2. The van der Waals surface area contributed by atoms with Gasteiger partial charge in [-0.05, 0) is 86.0 Å². The number of carbonyl (C=O) groups excluding carboxylic acids is 4. The fraction of sp³-hybridized carbons (Fsp3) is 0.172. The van der Waals surface area contributed by atoms with Crippen LogP contribution in [0.25, 0.3) is 6.08 Å². The molecule has 200 valence electrons. The topological polar surface area (TPSA) is 114 Å². The average molecular weight is 592 g/mol. The lowest BCUT2D eigenvalue weighted by atomic mass is 10.1. The lowest BCUT2D eigenvalue weighted by Crippen LogP contribution is -2.54. The second kappa shape index (κ2) is 12.0. The van der Waals surface area contributed by atoms with Gasteiger partial charge in [0.15, 0.2) is 18.1 Å². The van der Waals surface area contributed by atoms with Gasteiger partial charge in [-0.15, -0.1) is 0 Å². The number of halogens is 1. The quantitative estimate of drug-likeness (QED) is 0.277. The van der Waals surface area contributed by atoms with E-state index in [2.05, 4.69) is 26.6 Å². The average Bonchev–Trinajstić information content (AvgIpc) is 2.89. The third kappa shape index (κ3) is 6.53. The molecule has 0 aromatic heterocycles. The number of amides is 5. The minimum Gasteiger partial charge on any atom is -0.490 e. The first kappa shape index (κ1) is 27.6. The normalized spacial score (nSPS) is 14.3. The summed E-state index contributed by atoms with van der Waals surface area (Å²) in [6, 6.07) is 16.3. The van der Waals surface area contributed by atoms with Crippen LogP contribution in [0.2, 0.25) is 0 Å². The number of hydrogen-bond donors (Lipinski definition) is 2. The SMILES string of the molecule is CCOc1cc(/C=C2\C(=O)NC(=O)N(c3ccc(Br)cc3)C2=O)ccc1OCC(=O)Nc1cc(C)ccc1C. The first-order chi connectivity index (χ1) is 18.7. The second-order valence-corrected chi connectivity index (χ2v) is 9.64. The number of urea groups is 1. The molecule has 0 unspecified atom stereocenters. The van der Waals surface area contributed by atoms with E-state index in [0.717, 1.165) is 20.5 Å². The summed E-state index contributed by atoms with van der Waals surface area (Å²) in [7, 11) is 0. The number of barbiturate groups is 1. The van der Waals surface area contributed by atoms with Crippen LogP contribution in [0.4, 0.5) is 16.2 Å². The van der Waals surface area contributed by atoms with Gasteiger partial charge in [0.05, 0.1) is 12.3 Å². The molecule has 0 spiro atoms. The molecule has 5 amide bonds. The lowest BCUT2D eigenvalue weighted by Gasteiger charge is -2.26. The number of ether oxygens (including phenoxy) is 2. The third-order valence-electron chi connectivity index (χ3n) is 5.79. The number of nitrogens with zero attached hydrogens (tertiary/aromatic N) is 1.